The number of Topliss-reactive ketones (excluding diaryl/α,β-unsaturated/α-hetero) is 1. The van der Waals surface area contributed by atoms with Crippen LogP contribution in [0.3, 0.4) is 0 Å². The normalized spacial score (nSPS) is 12.4. The molecule has 1 heterocycles. The molecule has 0 amide bonds. The molecule has 1 atom stereocenters. The minimum absolute atomic E-state index is 0.0584. The molecule has 142 valence electrons. The van der Waals surface area contributed by atoms with Crippen molar-refractivity contribution in [1.82, 2.24) is 4.98 Å². The number of halogens is 3. The molecule has 0 N–H and O–H groups in total. The number of hydrogen-bond acceptors (Lipinski definition) is 5. The molecule has 0 radical (unpaired) electrons. The molecular weight excluding hydrogens is 361 g/mol. The number of benzene rings is 1. The zero-order chi connectivity index (χ0) is 20.2. The molecule has 2 aromatic rings. The Morgan fingerprint density at radius 2 is 1.89 bits per heavy atom. The van der Waals surface area contributed by atoms with Crippen molar-refractivity contribution in [3.8, 4) is 17.6 Å². The molecule has 1 aromatic carbocycles. The Labute approximate surface area is 154 Å². The van der Waals surface area contributed by atoms with Crippen LogP contribution in [-0.4, -0.2) is 24.0 Å². The van der Waals surface area contributed by atoms with Gasteiger partial charge >= 0.3 is 6.18 Å². The van der Waals surface area contributed by atoms with Crippen LogP contribution in [0.25, 0.3) is 0 Å². The van der Waals surface area contributed by atoms with E-state index in [-0.39, 0.29) is 17.4 Å². The highest BCUT2D eigenvalue weighted by Crippen LogP contribution is 2.32. The Hall–Kier alpha value is -3.08. The van der Waals surface area contributed by atoms with E-state index in [2.05, 4.69) is 4.98 Å². The molecule has 0 fully saturated rings. The third-order valence-electron chi connectivity index (χ3n) is 3.61. The van der Waals surface area contributed by atoms with Gasteiger partial charge in [0.15, 0.2) is 23.2 Å². The number of ether oxygens (including phenoxy) is 2. The van der Waals surface area contributed by atoms with Gasteiger partial charge in [-0.1, -0.05) is 0 Å². The van der Waals surface area contributed by atoms with Crippen LogP contribution < -0.4 is 9.47 Å². The molecule has 0 bridgehead atoms. The van der Waals surface area contributed by atoms with E-state index in [1.807, 2.05) is 13.8 Å². The number of nitriles is 1. The summed E-state index contributed by atoms with van der Waals surface area (Å²) in [6.07, 6.45) is -4.05. The van der Waals surface area contributed by atoms with Crippen molar-refractivity contribution in [2.75, 3.05) is 7.11 Å². The molecule has 0 aliphatic rings. The molecule has 0 saturated carbocycles. The SMILES string of the molecule is COc1cc(C(=O)C(C#N)c2ccc(C(F)(F)F)cn2)ccc1OC(C)C. The van der Waals surface area contributed by atoms with Crippen LogP contribution in [0.1, 0.15) is 41.4 Å². The van der Waals surface area contributed by atoms with Crippen LogP contribution in [0.15, 0.2) is 36.5 Å². The van der Waals surface area contributed by atoms with Gasteiger partial charge in [-0.15, -0.1) is 0 Å². The van der Waals surface area contributed by atoms with Gasteiger partial charge in [0.25, 0.3) is 0 Å². The van der Waals surface area contributed by atoms with Crippen LogP contribution in [0.4, 0.5) is 13.2 Å². The van der Waals surface area contributed by atoms with Crippen molar-refractivity contribution in [1.29, 1.82) is 5.26 Å². The summed E-state index contributed by atoms with van der Waals surface area (Å²) in [4.78, 5) is 16.3. The monoisotopic (exact) mass is 378 g/mol. The van der Waals surface area contributed by atoms with Gasteiger partial charge in [-0.05, 0) is 44.2 Å². The Morgan fingerprint density at radius 3 is 2.37 bits per heavy atom. The molecule has 2 rings (SSSR count). The lowest BCUT2D eigenvalue weighted by Crippen LogP contribution is -2.14. The van der Waals surface area contributed by atoms with Gasteiger partial charge in [0, 0.05) is 11.8 Å². The van der Waals surface area contributed by atoms with Gasteiger partial charge < -0.3 is 9.47 Å². The minimum Gasteiger partial charge on any atom is -0.493 e. The highest BCUT2D eigenvalue weighted by atomic mass is 19.4. The summed E-state index contributed by atoms with van der Waals surface area (Å²) in [6, 6.07) is 8.05. The van der Waals surface area contributed by atoms with Crippen LogP contribution in [0.5, 0.6) is 11.5 Å². The molecule has 8 heteroatoms. The Balaban J connectivity index is 2.33. The molecule has 0 aliphatic heterocycles. The number of carbonyl (C=O) groups excluding carboxylic acids is 1. The Morgan fingerprint density at radius 1 is 1.19 bits per heavy atom. The quantitative estimate of drug-likeness (QED) is 0.697. The van der Waals surface area contributed by atoms with Crippen molar-refractivity contribution in [3.05, 3.63) is 53.3 Å². The van der Waals surface area contributed by atoms with Gasteiger partial charge in [0.1, 0.15) is 0 Å². The van der Waals surface area contributed by atoms with Crippen LogP contribution in [0, 0.1) is 11.3 Å². The van der Waals surface area contributed by atoms with Crippen molar-refractivity contribution in [2.24, 2.45) is 0 Å². The fourth-order valence-electron chi connectivity index (χ4n) is 2.34. The first-order chi connectivity index (χ1) is 12.7. The first kappa shape index (κ1) is 20.2. The Kier molecular flexibility index (Phi) is 6.05. The lowest BCUT2D eigenvalue weighted by molar-refractivity contribution is -0.137. The summed E-state index contributed by atoms with van der Waals surface area (Å²) < 4.78 is 48.7. The predicted octanol–water partition coefficient (Wildman–Crippen LogP) is 4.39. The first-order valence-electron chi connectivity index (χ1n) is 7.99. The maximum atomic E-state index is 12.7. The van der Waals surface area contributed by atoms with Gasteiger partial charge in [0.2, 0.25) is 0 Å². The van der Waals surface area contributed by atoms with Gasteiger partial charge in [0.05, 0.1) is 30.5 Å². The van der Waals surface area contributed by atoms with Crippen molar-refractivity contribution < 1.29 is 27.4 Å². The van der Waals surface area contributed by atoms with Crippen LogP contribution in [-0.2, 0) is 6.18 Å². The fraction of sp³-hybridized carbons (Fsp3) is 0.316. The zero-order valence-electron chi connectivity index (χ0n) is 14.9. The largest absolute Gasteiger partial charge is 0.493 e. The standard InChI is InChI=1S/C19H17F3N2O3/c1-11(2)27-16-7-4-12(8-17(16)26-3)18(25)14(9-23)15-6-5-13(10-24-15)19(20,21)22/h4-8,10-11,14H,1-3H3. The Bertz CT molecular complexity index is 856. The van der Waals surface area contributed by atoms with Gasteiger partial charge in [-0.3, -0.25) is 9.78 Å². The van der Waals surface area contributed by atoms with E-state index < -0.39 is 23.4 Å². The van der Waals surface area contributed by atoms with E-state index >= 15 is 0 Å². The second kappa shape index (κ2) is 8.08. The third kappa shape index (κ3) is 4.76. The maximum Gasteiger partial charge on any atom is 0.417 e. The number of methoxy groups -OCH3 is 1. The van der Waals surface area contributed by atoms with Crippen molar-refractivity contribution in [3.63, 3.8) is 0 Å². The number of aromatic nitrogens is 1. The predicted molar refractivity (Wildman–Crippen MR) is 90.7 cm³/mol. The summed E-state index contributed by atoms with van der Waals surface area (Å²) in [5, 5.41) is 9.35. The number of alkyl halides is 3. The molecule has 1 unspecified atom stereocenters. The molecule has 5 nitrogen and oxygen atoms in total. The van der Waals surface area contributed by atoms with Crippen LogP contribution in [0.2, 0.25) is 0 Å². The number of ketones is 1. The average Bonchev–Trinajstić information content (AvgIpc) is 2.61. The molecule has 27 heavy (non-hydrogen) atoms. The second-order valence-electron chi connectivity index (χ2n) is 5.93. The lowest BCUT2D eigenvalue weighted by Gasteiger charge is -2.15. The topological polar surface area (TPSA) is 72.2 Å². The molecular formula is C19H17F3N2O3. The summed E-state index contributed by atoms with van der Waals surface area (Å²) in [5.41, 5.74) is -0.847. The summed E-state index contributed by atoms with van der Waals surface area (Å²) in [6.45, 7) is 3.67. The van der Waals surface area contributed by atoms with E-state index in [9.17, 15) is 23.2 Å². The van der Waals surface area contributed by atoms with E-state index in [0.29, 0.717) is 17.7 Å². The van der Waals surface area contributed by atoms with Crippen molar-refractivity contribution in [2.45, 2.75) is 32.0 Å². The minimum atomic E-state index is -4.54. The first-order valence-corrected chi connectivity index (χ1v) is 7.99. The fourth-order valence-corrected chi connectivity index (χ4v) is 2.34. The van der Waals surface area contributed by atoms with Crippen molar-refractivity contribution >= 4 is 5.78 Å². The molecule has 0 saturated heterocycles. The zero-order valence-corrected chi connectivity index (χ0v) is 14.9. The van der Waals surface area contributed by atoms with Gasteiger partial charge in [-0.25, -0.2) is 0 Å². The lowest BCUT2D eigenvalue weighted by atomic mass is 9.95. The average molecular weight is 378 g/mol. The molecule has 1 aromatic heterocycles. The highest BCUT2D eigenvalue weighted by Gasteiger charge is 2.32. The molecule has 0 spiro atoms. The van der Waals surface area contributed by atoms with E-state index in [1.165, 1.54) is 19.2 Å². The summed E-state index contributed by atoms with van der Waals surface area (Å²) in [7, 11) is 1.41. The second-order valence-corrected chi connectivity index (χ2v) is 5.93. The molecule has 0 aliphatic carbocycles. The van der Waals surface area contributed by atoms with Gasteiger partial charge in [-0.2, -0.15) is 18.4 Å². The van der Waals surface area contributed by atoms with E-state index in [4.69, 9.17) is 9.47 Å². The number of hydrogen-bond donors (Lipinski definition) is 0. The van der Waals surface area contributed by atoms with E-state index in [0.717, 1.165) is 12.1 Å². The summed E-state index contributed by atoms with van der Waals surface area (Å²) >= 11 is 0. The third-order valence-corrected chi connectivity index (χ3v) is 3.61. The number of pyridine rings is 1. The van der Waals surface area contributed by atoms with E-state index in [1.54, 1.807) is 12.1 Å². The highest BCUT2D eigenvalue weighted by molar-refractivity contribution is 6.03. The number of rotatable bonds is 6. The smallest absolute Gasteiger partial charge is 0.417 e. The number of nitrogens with zero attached hydrogens (tertiary/aromatic N) is 2. The summed E-state index contributed by atoms with van der Waals surface area (Å²) in [5.74, 6) is -1.19. The maximum absolute atomic E-state index is 12.7. The van der Waals surface area contributed by atoms with Crippen LogP contribution >= 0.6 is 0 Å². The number of carbonyl (C=O) groups is 1.